The van der Waals surface area contributed by atoms with Crippen molar-refractivity contribution >= 4 is 39.9 Å². The van der Waals surface area contributed by atoms with Gasteiger partial charge in [-0.2, -0.15) is 5.10 Å². The van der Waals surface area contributed by atoms with Gasteiger partial charge in [-0.25, -0.2) is 0 Å². The smallest absolute Gasteiger partial charge is 0.271 e. The van der Waals surface area contributed by atoms with Gasteiger partial charge in [0, 0.05) is 36.8 Å². The zero-order chi connectivity index (χ0) is 19.5. The van der Waals surface area contributed by atoms with Crippen molar-refractivity contribution in [2.45, 2.75) is 6.42 Å². The summed E-state index contributed by atoms with van der Waals surface area (Å²) in [6.45, 7) is 0.494. The van der Waals surface area contributed by atoms with Crippen LogP contribution in [-0.2, 0) is 13.5 Å². The molecule has 0 spiro atoms. The van der Waals surface area contributed by atoms with Gasteiger partial charge >= 0.3 is 0 Å². The molecule has 4 aromatic rings. The molecule has 3 aromatic heterocycles. The van der Waals surface area contributed by atoms with E-state index in [1.54, 1.807) is 19.2 Å². The number of para-hydroxylation sites is 1. The summed E-state index contributed by atoms with van der Waals surface area (Å²) in [6.07, 6.45) is 2.68. The standard InChI is InChI=1S/C20H19N5O2S/c1-25-18(23-20(27)17-7-4-10-28-17)11-16(24-25)19(26)21-9-8-13-12-22-15-6-3-2-5-14(13)15/h2-7,10-12,22H,8-9H2,1H3,(H,21,26)(H,23,27). The molecule has 0 fully saturated rings. The van der Waals surface area contributed by atoms with Crippen LogP contribution < -0.4 is 10.6 Å². The molecule has 0 unspecified atom stereocenters. The van der Waals surface area contributed by atoms with E-state index < -0.39 is 0 Å². The maximum Gasteiger partial charge on any atom is 0.271 e. The molecule has 8 heteroatoms. The molecule has 0 aliphatic heterocycles. The molecule has 0 radical (unpaired) electrons. The number of aromatic amines is 1. The molecule has 3 N–H and O–H groups in total. The highest BCUT2D eigenvalue weighted by Gasteiger charge is 2.15. The second-order valence-corrected chi connectivity index (χ2v) is 7.28. The normalized spacial score (nSPS) is 10.9. The number of thiophene rings is 1. The molecule has 0 bridgehead atoms. The molecule has 0 aliphatic carbocycles. The van der Waals surface area contributed by atoms with Gasteiger partial charge in [0.2, 0.25) is 0 Å². The summed E-state index contributed by atoms with van der Waals surface area (Å²) in [7, 11) is 1.69. The topological polar surface area (TPSA) is 91.8 Å². The molecule has 0 atom stereocenters. The van der Waals surface area contributed by atoms with Gasteiger partial charge in [-0.1, -0.05) is 24.3 Å². The molecule has 1 aromatic carbocycles. The minimum atomic E-state index is -0.271. The minimum absolute atomic E-state index is 0.218. The SMILES string of the molecule is Cn1nc(C(=O)NCCc2c[nH]c3ccccc23)cc1NC(=O)c1cccs1. The van der Waals surface area contributed by atoms with Crippen molar-refractivity contribution in [3.05, 3.63) is 70.2 Å². The first-order chi connectivity index (χ1) is 13.6. The van der Waals surface area contributed by atoms with Crippen molar-refractivity contribution in [3.8, 4) is 0 Å². The van der Waals surface area contributed by atoms with Crippen LogP contribution in [0.25, 0.3) is 10.9 Å². The first kappa shape index (κ1) is 18.0. The number of anilines is 1. The maximum absolute atomic E-state index is 12.4. The van der Waals surface area contributed by atoms with Crippen LogP contribution in [0, 0.1) is 0 Å². The number of benzene rings is 1. The molecular weight excluding hydrogens is 374 g/mol. The Labute approximate surface area is 165 Å². The number of amides is 2. The Morgan fingerprint density at radius 2 is 2.04 bits per heavy atom. The first-order valence-electron chi connectivity index (χ1n) is 8.84. The third kappa shape index (κ3) is 3.67. The summed E-state index contributed by atoms with van der Waals surface area (Å²) in [5, 5.41) is 12.9. The quantitative estimate of drug-likeness (QED) is 0.470. The van der Waals surface area contributed by atoms with E-state index in [-0.39, 0.29) is 17.5 Å². The lowest BCUT2D eigenvalue weighted by atomic mass is 10.1. The predicted molar refractivity (Wildman–Crippen MR) is 110 cm³/mol. The van der Waals surface area contributed by atoms with E-state index in [9.17, 15) is 9.59 Å². The average molecular weight is 393 g/mol. The third-order valence-electron chi connectivity index (χ3n) is 4.45. The molecule has 4 rings (SSSR count). The maximum atomic E-state index is 12.4. The monoisotopic (exact) mass is 393 g/mol. The summed E-state index contributed by atoms with van der Waals surface area (Å²) >= 11 is 1.36. The van der Waals surface area contributed by atoms with Crippen molar-refractivity contribution in [1.82, 2.24) is 20.1 Å². The minimum Gasteiger partial charge on any atom is -0.361 e. The fourth-order valence-corrected chi connectivity index (χ4v) is 3.64. The van der Waals surface area contributed by atoms with Crippen LogP contribution in [0.2, 0.25) is 0 Å². The summed E-state index contributed by atoms with van der Waals surface area (Å²) in [4.78, 5) is 28.4. The Hall–Kier alpha value is -3.39. The molecule has 2 amide bonds. The lowest BCUT2D eigenvalue weighted by Crippen LogP contribution is -2.26. The van der Waals surface area contributed by atoms with E-state index >= 15 is 0 Å². The van der Waals surface area contributed by atoms with Gasteiger partial charge in [-0.3, -0.25) is 14.3 Å². The molecule has 0 saturated carbocycles. The van der Waals surface area contributed by atoms with Crippen LogP contribution in [0.4, 0.5) is 5.82 Å². The van der Waals surface area contributed by atoms with E-state index in [1.165, 1.54) is 16.0 Å². The fourth-order valence-electron chi connectivity index (χ4n) is 3.02. The Kier molecular flexibility index (Phi) is 4.94. The van der Waals surface area contributed by atoms with Crippen molar-refractivity contribution < 1.29 is 9.59 Å². The largest absolute Gasteiger partial charge is 0.361 e. The zero-order valence-corrected chi connectivity index (χ0v) is 16.0. The van der Waals surface area contributed by atoms with Crippen LogP contribution in [0.3, 0.4) is 0 Å². The average Bonchev–Trinajstić information content (AvgIpc) is 3.43. The van der Waals surface area contributed by atoms with Gasteiger partial charge in [0.1, 0.15) is 5.82 Å². The predicted octanol–water partition coefficient (Wildman–Crippen LogP) is 3.19. The van der Waals surface area contributed by atoms with E-state index in [1.807, 2.05) is 35.8 Å². The number of H-pyrrole nitrogens is 1. The van der Waals surface area contributed by atoms with Crippen LogP contribution in [0.5, 0.6) is 0 Å². The summed E-state index contributed by atoms with van der Waals surface area (Å²) in [5.41, 5.74) is 2.50. The summed E-state index contributed by atoms with van der Waals surface area (Å²) < 4.78 is 1.49. The highest BCUT2D eigenvalue weighted by atomic mass is 32.1. The second-order valence-electron chi connectivity index (χ2n) is 6.34. The molecule has 142 valence electrons. The van der Waals surface area contributed by atoms with Gasteiger partial charge in [0.15, 0.2) is 5.69 Å². The molecule has 7 nitrogen and oxygen atoms in total. The number of aromatic nitrogens is 3. The number of rotatable bonds is 6. The fraction of sp³-hybridized carbons (Fsp3) is 0.150. The number of carbonyl (C=O) groups is 2. The Balaban J connectivity index is 1.36. The number of hydrogen-bond donors (Lipinski definition) is 3. The lowest BCUT2D eigenvalue weighted by Gasteiger charge is -2.02. The van der Waals surface area contributed by atoms with E-state index in [0.717, 1.165) is 16.5 Å². The zero-order valence-electron chi connectivity index (χ0n) is 15.2. The van der Waals surface area contributed by atoms with Crippen molar-refractivity contribution in [2.24, 2.45) is 7.05 Å². The highest BCUT2D eigenvalue weighted by Crippen LogP contribution is 2.18. The number of carbonyl (C=O) groups excluding carboxylic acids is 2. The van der Waals surface area contributed by atoms with Crippen LogP contribution >= 0.6 is 11.3 Å². The first-order valence-corrected chi connectivity index (χ1v) is 9.72. The number of fused-ring (bicyclic) bond motifs is 1. The Bertz CT molecular complexity index is 1130. The van der Waals surface area contributed by atoms with E-state index in [2.05, 4.69) is 26.8 Å². The van der Waals surface area contributed by atoms with Gasteiger partial charge in [-0.05, 0) is 29.5 Å². The van der Waals surface area contributed by atoms with Gasteiger partial charge in [0.05, 0.1) is 4.88 Å². The van der Waals surface area contributed by atoms with E-state index in [4.69, 9.17) is 0 Å². The molecule has 0 aliphatic rings. The second kappa shape index (κ2) is 7.69. The molecule has 0 saturated heterocycles. The van der Waals surface area contributed by atoms with Crippen LogP contribution in [0.1, 0.15) is 25.7 Å². The number of nitrogens with one attached hydrogen (secondary N) is 3. The van der Waals surface area contributed by atoms with Gasteiger partial charge in [0.25, 0.3) is 11.8 Å². The van der Waals surface area contributed by atoms with Crippen molar-refractivity contribution in [1.29, 1.82) is 0 Å². The summed E-state index contributed by atoms with van der Waals surface area (Å²) in [5.74, 6) is -0.0171. The highest BCUT2D eigenvalue weighted by molar-refractivity contribution is 7.12. The molecular formula is C20H19N5O2S. The van der Waals surface area contributed by atoms with Crippen LogP contribution in [-0.4, -0.2) is 33.1 Å². The number of aryl methyl sites for hydroxylation is 1. The van der Waals surface area contributed by atoms with Crippen LogP contribution in [0.15, 0.2) is 54.0 Å². The number of hydrogen-bond acceptors (Lipinski definition) is 4. The van der Waals surface area contributed by atoms with Crippen molar-refractivity contribution in [3.63, 3.8) is 0 Å². The van der Waals surface area contributed by atoms with Crippen molar-refractivity contribution in [2.75, 3.05) is 11.9 Å². The Morgan fingerprint density at radius 3 is 2.86 bits per heavy atom. The molecule has 3 heterocycles. The van der Waals surface area contributed by atoms with Gasteiger partial charge in [-0.15, -0.1) is 11.3 Å². The lowest BCUT2D eigenvalue weighted by molar-refractivity contribution is 0.0947. The summed E-state index contributed by atoms with van der Waals surface area (Å²) in [6, 6.07) is 13.2. The van der Waals surface area contributed by atoms with E-state index in [0.29, 0.717) is 23.7 Å². The number of nitrogens with zero attached hydrogens (tertiary/aromatic N) is 2. The van der Waals surface area contributed by atoms with Gasteiger partial charge < -0.3 is 15.6 Å². The Morgan fingerprint density at radius 1 is 1.18 bits per heavy atom. The molecule has 28 heavy (non-hydrogen) atoms. The third-order valence-corrected chi connectivity index (χ3v) is 5.32.